The summed E-state index contributed by atoms with van der Waals surface area (Å²) in [6.45, 7) is 0. The number of aromatic nitrogens is 2. The van der Waals surface area contributed by atoms with Gasteiger partial charge in [0.25, 0.3) is 0 Å². The lowest BCUT2D eigenvalue weighted by Gasteiger charge is -2.06. The molecule has 0 saturated heterocycles. The molecule has 0 aliphatic carbocycles. The second kappa shape index (κ2) is 10.1. The Kier molecular flexibility index (Phi) is 6.24. The average Bonchev–Trinajstić information content (AvgIpc) is 2.93. The third-order valence-electron chi connectivity index (χ3n) is 5.19. The summed E-state index contributed by atoms with van der Waals surface area (Å²) in [4.78, 5) is 9.44. The molecule has 0 radical (unpaired) electrons. The molecule has 0 N–H and O–H groups in total. The molecule has 1 aromatic heterocycles. The number of hydrogen-bond acceptors (Lipinski definition) is 2. The van der Waals surface area contributed by atoms with Crippen LogP contribution in [0.5, 0.6) is 0 Å². The SMILES string of the molecule is C(#Cc1ccc(C#Cc2nc(-c3ccccc3)cc(-c3ccccc3)n2)cc1)c1ccccc1. The Morgan fingerprint density at radius 3 is 1.24 bits per heavy atom. The zero-order valence-corrected chi connectivity index (χ0v) is 18.4. The fraction of sp³-hybridized carbons (Fsp3) is 0. The molecular weight excluding hydrogens is 412 g/mol. The molecule has 4 aromatic carbocycles. The maximum atomic E-state index is 4.72. The van der Waals surface area contributed by atoms with Crippen LogP contribution in [0.1, 0.15) is 22.5 Å². The Bertz CT molecular complexity index is 1460. The maximum absolute atomic E-state index is 4.72. The molecule has 2 heteroatoms. The first kappa shape index (κ1) is 21.0. The van der Waals surface area contributed by atoms with Gasteiger partial charge in [-0.15, -0.1) is 0 Å². The minimum Gasteiger partial charge on any atom is -0.221 e. The quantitative estimate of drug-likeness (QED) is 0.293. The van der Waals surface area contributed by atoms with Gasteiger partial charge in [0.15, 0.2) is 0 Å². The van der Waals surface area contributed by atoms with E-state index in [1.54, 1.807) is 0 Å². The van der Waals surface area contributed by atoms with Gasteiger partial charge in [0.1, 0.15) is 0 Å². The molecule has 0 unspecified atom stereocenters. The van der Waals surface area contributed by atoms with Crippen molar-refractivity contribution in [2.45, 2.75) is 0 Å². The van der Waals surface area contributed by atoms with Gasteiger partial charge >= 0.3 is 0 Å². The Morgan fingerprint density at radius 2 is 0.765 bits per heavy atom. The summed E-state index contributed by atoms with van der Waals surface area (Å²) in [7, 11) is 0. The third kappa shape index (κ3) is 5.28. The van der Waals surface area contributed by atoms with Crippen LogP contribution in [0.2, 0.25) is 0 Å². The third-order valence-corrected chi connectivity index (χ3v) is 5.19. The van der Waals surface area contributed by atoms with Gasteiger partial charge in [-0.25, -0.2) is 9.97 Å². The Hall–Kier alpha value is -4.92. The van der Waals surface area contributed by atoms with Crippen molar-refractivity contribution in [1.29, 1.82) is 0 Å². The van der Waals surface area contributed by atoms with Gasteiger partial charge in [0, 0.05) is 27.8 Å². The highest BCUT2D eigenvalue weighted by molar-refractivity contribution is 5.68. The van der Waals surface area contributed by atoms with Crippen LogP contribution in [0.15, 0.2) is 121 Å². The molecule has 0 bridgehead atoms. The van der Waals surface area contributed by atoms with Crippen molar-refractivity contribution in [3.05, 3.63) is 144 Å². The molecule has 5 aromatic rings. The van der Waals surface area contributed by atoms with Crippen LogP contribution < -0.4 is 0 Å². The monoisotopic (exact) mass is 432 g/mol. The van der Waals surface area contributed by atoms with Crippen LogP contribution in [0.25, 0.3) is 22.5 Å². The number of nitrogens with zero attached hydrogens (tertiary/aromatic N) is 2. The predicted molar refractivity (Wildman–Crippen MR) is 138 cm³/mol. The number of hydrogen-bond donors (Lipinski definition) is 0. The molecule has 2 nitrogen and oxygen atoms in total. The van der Waals surface area contributed by atoms with Gasteiger partial charge in [0.2, 0.25) is 5.82 Å². The molecular formula is C32H20N2. The van der Waals surface area contributed by atoms with Crippen LogP contribution in [0.3, 0.4) is 0 Å². The molecule has 5 rings (SSSR count). The van der Waals surface area contributed by atoms with Gasteiger partial charge in [-0.3, -0.25) is 0 Å². The highest BCUT2D eigenvalue weighted by Crippen LogP contribution is 2.23. The van der Waals surface area contributed by atoms with E-state index in [1.165, 1.54) is 0 Å². The number of rotatable bonds is 2. The van der Waals surface area contributed by atoms with Gasteiger partial charge in [0.05, 0.1) is 11.4 Å². The summed E-state index contributed by atoms with van der Waals surface area (Å²) in [5, 5.41) is 0. The maximum Gasteiger partial charge on any atom is 0.206 e. The van der Waals surface area contributed by atoms with Crippen LogP contribution >= 0.6 is 0 Å². The highest BCUT2D eigenvalue weighted by atomic mass is 14.9. The summed E-state index contributed by atoms with van der Waals surface area (Å²) in [5.41, 5.74) is 6.60. The van der Waals surface area contributed by atoms with E-state index >= 15 is 0 Å². The lowest BCUT2D eigenvalue weighted by molar-refractivity contribution is 1.14. The van der Waals surface area contributed by atoms with E-state index in [0.717, 1.165) is 39.2 Å². The molecule has 0 aliphatic heterocycles. The summed E-state index contributed by atoms with van der Waals surface area (Å²) >= 11 is 0. The topological polar surface area (TPSA) is 25.8 Å². The van der Waals surface area contributed by atoms with Gasteiger partial charge < -0.3 is 0 Å². The summed E-state index contributed by atoms with van der Waals surface area (Å²) in [6, 6.07) is 40.1. The summed E-state index contributed by atoms with van der Waals surface area (Å²) in [6.07, 6.45) is 0. The van der Waals surface area contributed by atoms with Crippen molar-refractivity contribution in [2.24, 2.45) is 0 Å². The molecule has 158 valence electrons. The van der Waals surface area contributed by atoms with E-state index in [-0.39, 0.29) is 0 Å². The number of benzene rings is 4. The first-order valence-electron chi connectivity index (χ1n) is 11.0. The molecule has 0 spiro atoms. The van der Waals surface area contributed by atoms with Gasteiger partial charge in [-0.05, 0) is 48.4 Å². The molecule has 0 atom stereocenters. The van der Waals surface area contributed by atoms with Gasteiger partial charge in [-0.2, -0.15) is 0 Å². The molecule has 0 amide bonds. The molecule has 34 heavy (non-hydrogen) atoms. The summed E-state index contributed by atoms with van der Waals surface area (Å²) in [5.74, 6) is 13.2. The summed E-state index contributed by atoms with van der Waals surface area (Å²) < 4.78 is 0. The van der Waals surface area contributed by atoms with Crippen molar-refractivity contribution in [2.75, 3.05) is 0 Å². The minimum absolute atomic E-state index is 0.494. The van der Waals surface area contributed by atoms with Crippen molar-refractivity contribution >= 4 is 0 Å². The zero-order valence-electron chi connectivity index (χ0n) is 18.4. The normalized spacial score (nSPS) is 9.88. The van der Waals surface area contributed by atoms with Crippen molar-refractivity contribution in [3.63, 3.8) is 0 Å². The Balaban J connectivity index is 1.44. The van der Waals surface area contributed by atoms with Gasteiger partial charge in [-0.1, -0.05) is 96.6 Å². The second-order valence-electron chi connectivity index (χ2n) is 7.64. The van der Waals surface area contributed by atoms with Crippen LogP contribution in [0, 0.1) is 23.7 Å². The average molecular weight is 433 g/mol. The standard InChI is InChI=1S/C32H20N2/c1-4-10-25(11-5-1)16-17-26-18-20-27(21-19-26)22-23-32-33-30(28-12-6-2-7-13-28)24-31(34-32)29-14-8-3-9-15-29/h1-15,18-21,24H. The Morgan fingerprint density at radius 1 is 0.382 bits per heavy atom. The lowest BCUT2D eigenvalue weighted by Crippen LogP contribution is -1.96. The molecule has 0 aliphatic rings. The Labute approximate surface area is 200 Å². The fourth-order valence-electron chi connectivity index (χ4n) is 3.45. The van der Waals surface area contributed by atoms with Crippen molar-refractivity contribution < 1.29 is 0 Å². The van der Waals surface area contributed by atoms with E-state index in [2.05, 4.69) is 23.7 Å². The first-order valence-corrected chi connectivity index (χ1v) is 11.0. The van der Waals surface area contributed by atoms with E-state index < -0.39 is 0 Å². The first-order chi connectivity index (χ1) is 16.8. The largest absolute Gasteiger partial charge is 0.221 e. The predicted octanol–water partition coefficient (Wildman–Crippen LogP) is 6.61. The fourth-order valence-corrected chi connectivity index (χ4v) is 3.45. The molecule has 1 heterocycles. The minimum atomic E-state index is 0.494. The van der Waals surface area contributed by atoms with E-state index in [9.17, 15) is 0 Å². The lowest BCUT2D eigenvalue weighted by atomic mass is 10.1. The van der Waals surface area contributed by atoms with E-state index in [0.29, 0.717) is 5.82 Å². The van der Waals surface area contributed by atoms with E-state index in [1.807, 2.05) is 121 Å². The van der Waals surface area contributed by atoms with Crippen LogP contribution in [0.4, 0.5) is 0 Å². The van der Waals surface area contributed by atoms with Crippen molar-refractivity contribution in [1.82, 2.24) is 9.97 Å². The van der Waals surface area contributed by atoms with E-state index in [4.69, 9.17) is 9.97 Å². The van der Waals surface area contributed by atoms with Crippen LogP contribution in [-0.4, -0.2) is 9.97 Å². The second-order valence-corrected chi connectivity index (χ2v) is 7.64. The molecule has 0 fully saturated rings. The molecule has 0 saturated carbocycles. The zero-order chi connectivity index (χ0) is 23.0. The smallest absolute Gasteiger partial charge is 0.206 e. The van der Waals surface area contributed by atoms with Crippen molar-refractivity contribution in [3.8, 4) is 46.2 Å². The van der Waals surface area contributed by atoms with Crippen LogP contribution in [-0.2, 0) is 0 Å². The highest BCUT2D eigenvalue weighted by Gasteiger charge is 2.07.